The van der Waals surface area contributed by atoms with E-state index >= 15 is 0 Å². The summed E-state index contributed by atoms with van der Waals surface area (Å²) >= 11 is 5.88. The van der Waals surface area contributed by atoms with Crippen LogP contribution in [0.1, 0.15) is 25.8 Å². The minimum Gasteiger partial charge on any atom is -0.482 e. The monoisotopic (exact) mass is 410 g/mol. The average molecular weight is 411 g/mol. The smallest absolute Gasteiger partial charge is 0.344 e. The first-order valence-corrected chi connectivity index (χ1v) is 9.25. The summed E-state index contributed by atoms with van der Waals surface area (Å²) < 4.78 is 15.6. The van der Waals surface area contributed by atoms with Gasteiger partial charge in [0.25, 0.3) is 0 Å². The number of aryl methyl sites for hydroxylation is 1. The van der Waals surface area contributed by atoms with Crippen molar-refractivity contribution < 1.29 is 28.6 Å². The maximum absolute atomic E-state index is 12.3. The maximum atomic E-state index is 12.3. The number of hydrogen-bond acceptors (Lipinski definition) is 6. The standard InChI is InChI=1S/C19H23ClN2O6/c1-4-13-17(18(24)26-5-2)14(22-19(25)21-13)9-28-16(23)10-27-15-7-6-12(20)8-11(15)3/h6-8,13H,4-5,9-10H2,1-3H3,(H2,21,22,25)/t13-/m1/s1. The molecule has 0 aromatic heterocycles. The number of carbonyl (C=O) groups excluding carboxylic acids is 3. The van der Waals surface area contributed by atoms with Crippen molar-refractivity contribution >= 4 is 29.6 Å². The van der Waals surface area contributed by atoms with E-state index in [9.17, 15) is 14.4 Å². The molecule has 0 unspecified atom stereocenters. The van der Waals surface area contributed by atoms with Gasteiger partial charge in [-0.3, -0.25) is 0 Å². The fourth-order valence-electron chi connectivity index (χ4n) is 2.68. The maximum Gasteiger partial charge on any atom is 0.344 e. The number of esters is 2. The van der Waals surface area contributed by atoms with Crippen LogP contribution in [-0.2, 0) is 19.1 Å². The van der Waals surface area contributed by atoms with Crippen LogP contribution in [-0.4, -0.2) is 43.8 Å². The number of hydrogen-bond donors (Lipinski definition) is 2. The molecule has 1 aromatic rings. The number of amides is 2. The SMILES string of the molecule is CCOC(=O)C1=C(COC(=O)COc2ccc(Cl)cc2C)NC(=O)N[C@@H]1CC. The Hall–Kier alpha value is -2.74. The molecule has 2 N–H and O–H groups in total. The molecule has 1 aliphatic heterocycles. The zero-order chi connectivity index (χ0) is 20.7. The Kier molecular flexibility index (Phi) is 7.69. The Morgan fingerprint density at radius 1 is 1.21 bits per heavy atom. The molecule has 152 valence electrons. The number of nitrogens with one attached hydrogen (secondary N) is 2. The van der Waals surface area contributed by atoms with Gasteiger partial charge in [0.15, 0.2) is 6.61 Å². The van der Waals surface area contributed by atoms with Crippen molar-refractivity contribution in [3.63, 3.8) is 0 Å². The quantitative estimate of drug-likeness (QED) is 0.638. The molecule has 8 nitrogen and oxygen atoms in total. The number of carbonyl (C=O) groups is 3. The lowest BCUT2D eigenvalue weighted by Crippen LogP contribution is -2.51. The molecular formula is C19H23ClN2O6. The van der Waals surface area contributed by atoms with Crippen molar-refractivity contribution in [3.8, 4) is 5.75 Å². The predicted octanol–water partition coefficient (Wildman–Crippen LogP) is 2.48. The second-order valence-electron chi connectivity index (χ2n) is 6.03. The lowest BCUT2D eigenvalue weighted by molar-refractivity contribution is -0.145. The lowest BCUT2D eigenvalue weighted by Gasteiger charge is -2.28. The van der Waals surface area contributed by atoms with Crippen molar-refractivity contribution in [3.05, 3.63) is 40.1 Å². The number of benzene rings is 1. The Morgan fingerprint density at radius 2 is 1.96 bits per heavy atom. The molecule has 0 spiro atoms. The van der Waals surface area contributed by atoms with Gasteiger partial charge < -0.3 is 24.8 Å². The van der Waals surface area contributed by atoms with Crippen LogP contribution in [0.4, 0.5) is 4.79 Å². The molecule has 0 aliphatic carbocycles. The summed E-state index contributed by atoms with van der Waals surface area (Å²) in [6.07, 6.45) is 0.484. The molecule has 1 aliphatic rings. The summed E-state index contributed by atoms with van der Waals surface area (Å²) in [5.74, 6) is -0.708. The molecule has 2 rings (SSSR count). The summed E-state index contributed by atoms with van der Waals surface area (Å²) in [7, 11) is 0. The molecule has 1 aromatic carbocycles. The second-order valence-corrected chi connectivity index (χ2v) is 6.47. The van der Waals surface area contributed by atoms with Crippen LogP contribution in [0.5, 0.6) is 5.75 Å². The van der Waals surface area contributed by atoms with E-state index in [1.54, 1.807) is 32.0 Å². The topological polar surface area (TPSA) is 103 Å². The fourth-order valence-corrected chi connectivity index (χ4v) is 2.91. The highest BCUT2D eigenvalue weighted by molar-refractivity contribution is 6.30. The highest BCUT2D eigenvalue weighted by Crippen LogP contribution is 2.22. The second kappa shape index (κ2) is 9.98. The van der Waals surface area contributed by atoms with E-state index < -0.39 is 24.0 Å². The summed E-state index contributed by atoms with van der Waals surface area (Å²) in [5.41, 5.74) is 1.22. The Labute approximate surface area is 168 Å². The van der Waals surface area contributed by atoms with Gasteiger partial charge in [-0.2, -0.15) is 0 Å². The van der Waals surface area contributed by atoms with E-state index in [0.29, 0.717) is 17.2 Å². The van der Waals surface area contributed by atoms with Gasteiger partial charge in [0.1, 0.15) is 12.4 Å². The third-order valence-corrected chi connectivity index (χ3v) is 4.24. The molecule has 0 radical (unpaired) electrons. The van der Waals surface area contributed by atoms with Crippen LogP contribution in [0.2, 0.25) is 5.02 Å². The summed E-state index contributed by atoms with van der Waals surface area (Å²) in [5, 5.41) is 5.72. The molecule has 0 saturated heterocycles. The Bertz CT molecular complexity index is 793. The van der Waals surface area contributed by atoms with E-state index in [1.807, 2.05) is 6.92 Å². The van der Waals surface area contributed by atoms with Gasteiger partial charge in [-0.1, -0.05) is 18.5 Å². The Morgan fingerprint density at radius 3 is 2.61 bits per heavy atom. The zero-order valence-corrected chi connectivity index (χ0v) is 16.7. The van der Waals surface area contributed by atoms with Crippen molar-refractivity contribution in [2.45, 2.75) is 33.2 Å². The molecule has 9 heteroatoms. The highest BCUT2D eigenvalue weighted by atomic mass is 35.5. The molecular weight excluding hydrogens is 388 g/mol. The highest BCUT2D eigenvalue weighted by Gasteiger charge is 2.32. The van der Waals surface area contributed by atoms with Gasteiger partial charge >= 0.3 is 18.0 Å². The number of urea groups is 1. The largest absolute Gasteiger partial charge is 0.482 e. The zero-order valence-electron chi connectivity index (χ0n) is 16.0. The fraction of sp³-hybridized carbons (Fsp3) is 0.421. The number of ether oxygens (including phenoxy) is 3. The van der Waals surface area contributed by atoms with Gasteiger partial charge in [-0.25, -0.2) is 14.4 Å². The molecule has 0 saturated carbocycles. The van der Waals surface area contributed by atoms with Gasteiger partial charge in [-0.15, -0.1) is 0 Å². The van der Waals surface area contributed by atoms with Crippen LogP contribution >= 0.6 is 11.6 Å². The van der Waals surface area contributed by atoms with Crippen molar-refractivity contribution in [2.75, 3.05) is 19.8 Å². The van der Waals surface area contributed by atoms with E-state index in [0.717, 1.165) is 5.56 Å². The normalized spacial score (nSPS) is 16.1. The molecule has 0 bridgehead atoms. The van der Waals surface area contributed by atoms with E-state index in [1.165, 1.54) is 0 Å². The molecule has 0 fully saturated rings. The predicted molar refractivity (Wildman–Crippen MR) is 102 cm³/mol. The van der Waals surface area contributed by atoms with Crippen molar-refractivity contribution in [2.24, 2.45) is 0 Å². The van der Waals surface area contributed by atoms with Crippen molar-refractivity contribution in [1.29, 1.82) is 0 Å². The summed E-state index contributed by atoms with van der Waals surface area (Å²) in [6.45, 7) is 4.89. The summed E-state index contributed by atoms with van der Waals surface area (Å²) in [4.78, 5) is 36.1. The van der Waals surface area contributed by atoms with Gasteiger partial charge in [0.2, 0.25) is 0 Å². The third kappa shape index (κ3) is 5.63. The Balaban J connectivity index is 2.03. The van der Waals surface area contributed by atoms with Gasteiger partial charge in [-0.05, 0) is 44.0 Å². The number of halogens is 1. The molecule has 1 heterocycles. The van der Waals surface area contributed by atoms with Crippen molar-refractivity contribution in [1.82, 2.24) is 10.6 Å². The van der Waals surface area contributed by atoms with E-state index in [2.05, 4.69) is 10.6 Å². The summed E-state index contributed by atoms with van der Waals surface area (Å²) in [6, 6.07) is 4.04. The minimum atomic E-state index is -0.647. The van der Waals surface area contributed by atoms with E-state index in [4.69, 9.17) is 25.8 Å². The van der Waals surface area contributed by atoms with Crippen LogP contribution < -0.4 is 15.4 Å². The van der Waals surface area contributed by atoms with Gasteiger partial charge in [0, 0.05) is 5.02 Å². The third-order valence-electron chi connectivity index (χ3n) is 4.01. The lowest BCUT2D eigenvalue weighted by atomic mass is 10.0. The first-order valence-electron chi connectivity index (χ1n) is 8.87. The molecule has 28 heavy (non-hydrogen) atoms. The molecule has 2 amide bonds. The van der Waals surface area contributed by atoms with Crippen LogP contribution in [0.15, 0.2) is 29.5 Å². The first-order chi connectivity index (χ1) is 13.3. The minimum absolute atomic E-state index is 0.189. The van der Waals surface area contributed by atoms with Gasteiger partial charge in [0.05, 0.1) is 23.9 Å². The van der Waals surface area contributed by atoms with Crippen LogP contribution in [0.3, 0.4) is 0 Å². The average Bonchev–Trinajstić information content (AvgIpc) is 2.65. The van der Waals surface area contributed by atoms with Crippen LogP contribution in [0.25, 0.3) is 0 Å². The number of rotatable bonds is 8. The van der Waals surface area contributed by atoms with E-state index in [-0.39, 0.29) is 31.1 Å². The molecule has 1 atom stereocenters. The van der Waals surface area contributed by atoms with Crippen LogP contribution in [0, 0.1) is 6.92 Å². The first kappa shape index (κ1) is 21.6.